The van der Waals surface area contributed by atoms with Crippen LogP contribution in [-0.4, -0.2) is 18.8 Å². The molecule has 0 aromatic heterocycles. The van der Waals surface area contributed by atoms with Crippen LogP contribution in [0.5, 0.6) is 0 Å². The van der Waals surface area contributed by atoms with E-state index in [0.717, 1.165) is 38.7 Å². The van der Waals surface area contributed by atoms with Gasteiger partial charge in [-0.15, -0.1) is 0 Å². The first kappa shape index (κ1) is 22.0. The van der Waals surface area contributed by atoms with Gasteiger partial charge in [-0.05, 0) is 32.1 Å². The van der Waals surface area contributed by atoms with Crippen LogP contribution in [0, 0.1) is 6.92 Å². The molecular weight excluding hydrogens is 296 g/mol. The first-order chi connectivity index (χ1) is 11.8. The van der Waals surface area contributed by atoms with E-state index in [0.29, 0.717) is 6.10 Å². The molecule has 0 bridgehead atoms. The fourth-order valence-corrected chi connectivity index (χ4v) is 3.67. The van der Waals surface area contributed by atoms with Gasteiger partial charge in [0.05, 0.1) is 12.2 Å². The molecule has 0 heterocycles. The Kier molecular flexibility index (Phi) is 15.0. The zero-order valence-corrected chi connectivity index (χ0v) is 16.1. The van der Waals surface area contributed by atoms with Crippen LogP contribution in [0.3, 0.4) is 0 Å². The van der Waals surface area contributed by atoms with Gasteiger partial charge in [0.25, 0.3) is 0 Å². The fraction of sp³-hybridized carbons (Fsp3) is 0.955. The molecule has 142 valence electrons. The minimum Gasteiger partial charge on any atom is -0.378 e. The zero-order valence-electron chi connectivity index (χ0n) is 16.1. The lowest BCUT2D eigenvalue weighted by molar-refractivity contribution is -0.0244. The van der Waals surface area contributed by atoms with Crippen molar-refractivity contribution in [2.24, 2.45) is 0 Å². The van der Waals surface area contributed by atoms with Crippen LogP contribution >= 0.6 is 0 Å². The third-order valence-corrected chi connectivity index (χ3v) is 5.37. The van der Waals surface area contributed by atoms with E-state index in [1.165, 1.54) is 83.5 Å². The Morgan fingerprint density at radius 2 is 1.04 bits per heavy atom. The first-order valence-corrected chi connectivity index (χ1v) is 10.9. The Hall–Kier alpha value is -0.0800. The number of hydrogen-bond acceptors (Lipinski definition) is 1. The molecule has 1 saturated carbocycles. The summed E-state index contributed by atoms with van der Waals surface area (Å²) in [7, 11) is 0. The molecule has 0 N–H and O–H groups in total. The zero-order chi connectivity index (χ0) is 17.3. The average molecular weight is 339 g/mol. The van der Waals surface area contributed by atoms with Crippen molar-refractivity contribution in [3.8, 4) is 0 Å². The highest BCUT2D eigenvalue weighted by molar-refractivity contribution is 4.71. The number of unbranched alkanes of at least 4 members (excludes halogenated alkanes) is 13. The van der Waals surface area contributed by atoms with Crippen LogP contribution in [0.4, 0.5) is 0 Å². The minimum atomic E-state index is -0.316. The highest BCUT2D eigenvalue weighted by Gasteiger charge is 2.20. The van der Waals surface area contributed by atoms with Crippen molar-refractivity contribution < 1.29 is 9.84 Å². The molecule has 0 aromatic carbocycles. The largest absolute Gasteiger partial charge is 0.378 e. The molecule has 0 amide bonds. The Morgan fingerprint density at radius 1 is 0.625 bits per heavy atom. The fourth-order valence-electron chi connectivity index (χ4n) is 3.67. The summed E-state index contributed by atoms with van der Waals surface area (Å²) in [5, 5.41) is 11.2. The van der Waals surface area contributed by atoms with Gasteiger partial charge in [-0.3, -0.25) is 0 Å². The first-order valence-electron chi connectivity index (χ1n) is 10.9. The van der Waals surface area contributed by atoms with E-state index in [4.69, 9.17) is 4.74 Å². The number of ether oxygens (including phenoxy) is 1. The van der Waals surface area contributed by atoms with E-state index in [1.807, 2.05) is 0 Å². The molecule has 24 heavy (non-hydrogen) atoms. The lowest BCUT2D eigenvalue weighted by atomic mass is 9.95. The maximum absolute atomic E-state index is 11.2. The molecule has 0 spiro atoms. The van der Waals surface area contributed by atoms with E-state index in [-0.39, 0.29) is 6.10 Å². The van der Waals surface area contributed by atoms with E-state index in [2.05, 4.69) is 6.92 Å². The van der Waals surface area contributed by atoms with Gasteiger partial charge in [-0.25, -0.2) is 5.11 Å². The summed E-state index contributed by atoms with van der Waals surface area (Å²) >= 11 is 0. The number of rotatable bonds is 16. The molecular formula is C22H42O2. The summed E-state index contributed by atoms with van der Waals surface area (Å²) < 4.78 is 5.90. The van der Waals surface area contributed by atoms with Crippen LogP contribution in [0.25, 0.3) is 0 Å². The summed E-state index contributed by atoms with van der Waals surface area (Å²) in [5.41, 5.74) is 0. The predicted octanol–water partition coefficient (Wildman–Crippen LogP) is 7.04. The molecule has 0 aliphatic heterocycles. The SMILES string of the molecule is [CH2]CCCCCCCCCCCCCCCOC1CCC([O])CC1. The van der Waals surface area contributed by atoms with Crippen LogP contribution in [0.2, 0.25) is 0 Å². The third kappa shape index (κ3) is 13.2. The molecule has 2 heteroatoms. The van der Waals surface area contributed by atoms with Crippen molar-refractivity contribution in [1.29, 1.82) is 0 Å². The molecule has 1 rings (SSSR count). The average Bonchev–Trinajstić information content (AvgIpc) is 2.60. The van der Waals surface area contributed by atoms with Crippen LogP contribution in [-0.2, 0) is 9.84 Å². The molecule has 1 aliphatic rings. The maximum atomic E-state index is 11.2. The van der Waals surface area contributed by atoms with Crippen molar-refractivity contribution in [2.45, 2.75) is 128 Å². The van der Waals surface area contributed by atoms with Crippen molar-refractivity contribution >= 4 is 0 Å². The Morgan fingerprint density at radius 3 is 1.50 bits per heavy atom. The van der Waals surface area contributed by atoms with Gasteiger partial charge in [0.15, 0.2) is 0 Å². The smallest absolute Gasteiger partial charge is 0.0932 e. The topological polar surface area (TPSA) is 29.1 Å². The van der Waals surface area contributed by atoms with Gasteiger partial charge < -0.3 is 4.74 Å². The Labute approximate surface area is 151 Å². The highest BCUT2D eigenvalue weighted by atomic mass is 16.5. The molecule has 0 saturated heterocycles. The van der Waals surface area contributed by atoms with Gasteiger partial charge in [0.1, 0.15) is 0 Å². The number of hydrogen-bond donors (Lipinski definition) is 0. The second-order valence-electron chi connectivity index (χ2n) is 7.72. The van der Waals surface area contributed by atoms with Crippen LogP contribution < -0.4 is 0 Å². The van der Waals surface area contributed by atoms with Crippen molar-refractivity contribution in [1.82, 2.24) is 0 Å². The predicted molar refractivity (Wildman–Crippen MR) is 103 cm³/mol. The van der Waals surface area contributed by atoms with Gasteiger partial charge >= 0.3 is 0 Å². The van der Waals surface area contributed by atoms with Gasteiger partial charge in [-0.1, -0.05) is 90.4 Å². The highest BCUT2D eigenvalue weighted by Crippen LogP contribution is 2.21. The third-order valence-electron chi connectivity index (χ3n) is 5.37. The summed E-state index contributed by atoms with van der Waals surface area (Å²) in [6.07, 6.45) is 22.7. The summed E-state index contributed by atoms with van der Waals surface area (Å²) in [5.74, 6) is 0. The van der Waals surface area contributed by atoms with Gasteiger partial charge in [-0.2, -0.15) is 0 Å². The van der Waals surface area contributed by atoms with Crippen LogP contribution in [0.1, 0.15) is 116 Å². The Balaban J connectivity index is 1.69. The van der Waals surface area contributed by atoms with Gasteiger partial charge in [0.2, 0.25) is 0 Å². The van der Waals surface area contributed by atoms with Gasteiger partial charge in [0, 0.05) is 6.61 Å². The van der Waals surface area contributed by atoms with E-state index < -0.39 is 0 Å². The van der Waals surface area contributed by atoms with E-state index in [1.54, 1.807) is 0 Å². The quantitative estimate of drug-likeness (QED) is 0.277. The molecule has 1 fully saturated rings. The monoisotopic (exact) mass is 338 g/mol. The molecule has 0 aromatic rings. The second-order valence-corrected chi connectivity index (χ2v) is 7.72. The lowest BCUT2D eigenvalue weighted by Crippen LogP contribution is -2.23. The summed E-state index contributed by atoms with van der Waals surface area (Å²) in [6, 6.07) is 0. The van der Waals surface area contributed by atoms with Crippen molar-refractivity contribution in [3.05, 3.63) is 6.92 Å². The summed E-state index contributed by atoms with van der Waals surface area (Å²) in [4.78, 5) is 0. The molecule has 1 aliphatic carbocycles. The summed E-state index contributed by atoms with van der Waals surface area (Å²) in [6.45, 7) is 4.80. The Bertz CT molecular complexity index is 246. The van der Waals surface area contributed by atoms with Crippen molar-refractivity contribution in [2.75, 3.05) is 6.61 Å². The van der Waals surface area contributed by atoms with E-state index in [9.17, 15) is 5.11 Å². The maximum Gasteiger partial charge on any atom is 0.0932 e. The molecule has 2 radical (unpaired) electrons. The standard InChI is InChI=1S/C22H42O2/c1-2-3-4-5-6-7-8-9-10-11-12-13-14-15-20-24-22-18-16-21(23)17-19-22/h21-22H,1-20H2. The second kappa shape index (κ2) is 16.4. The van der Waals surface area contributed by atoms with E-state index >= 15 is 0 Å². The molecule has 0 atom stereocenters. The van der Waals surface area contributed by atoms with Crippen molar-refractivity contribution in [3.63, 3.8) is 0 Å². The lowest BCUT2D eigenvalue weighted by Gasteiger charge is -2.24. The van der Waals surface area contributed by atoms with Crippen LogP contribution in [0.15, 0.2) is 0 Å². The molecule has 0 unspecified atom stereocenters. The molecule has 2 nitrogen and oxygen atoms in total. The minimum absolute atomic E-state index is 0.316. The normalized spacial score (nSPS) is 21.2.